The minimum atomic E-state index is 0.739. The molecule has 0 spiro atoms. The molecule has 7 rings (SSSR count). The highest BCUT2D eigenvalue weighted by Gasteiger charge is 2.16. The van der Waals surface area contributed by atoms with Gasteiger partial charge in [0.05, 0.1) is 11.0 Å². The summed E-state index contributed by atoms with van der Waals surface area (Å²) in [7, 11) is 0. The van der Waals surface area contributed by atoms with Crippen molar-refractivity contribution >= 4 is 38.3 Å². The molecule has 0 aliphatic heterocycles. The third-order valence-electron chi connectivity index (χ3n) is 8.60. The Kier molecular flexibility index (Phi) is 7.93. The normalized spacial score (nSPS) is 12.7. The van der Waals surface area contributed by atoms with E-state index in [4.69, 9.17) is 5.73 Å². The molecule has 0 aliphatic rings. The van der Waals surface area contributed by atoms with Gasteiger partial charge in [0.25, 0.3) is 0 Å². The molecule has 1 heterocycles. The first kappa shape index (κ1) is 28.9. The lowest BCUT2D eigenvalue weighted by Crippen LogP contribution is -1.97. The van der Waals surface area contributed by atoms with Crippen LogP contribution in [0.25, 0.3) is 66.2 Å². The topological polar surface area (TPSA) is 30.9 Å². The number of allylic oxidation sites excluding steroid dienone is 7. The Morgan fingerprint density at radius 2 is 1.22 bits per heavy atom. The fourth-order valence-corrected chi connectivity index (χ4v) is 6.23. The maximum Gasteiger partial charge on any atom is 0.0619 e. The van der Waals surface area contributed by atoms with Gasteiger partial charge in [-0.1, -0.05) is 145 Å². The number of rotatable bonds is 7. The van der Waals surface area contributed by atoms with Crippen LogP contribution < -0.4 is 5.73 Å². The molecule has 0 bridgehead atoms. The van der Waals surface area contributed by atoms with Crippen molar-refractivity contribution in [2.75, 3.05) is 0 Å². The lowest BCUT2D eigenvalue weighted by Gasteiger charge is -2.11. The second-order valence-corrected chi connectivity index (χ2v) is 11.7. The molecule has 46 heavy (non-hydrogen) atoms. The third kappa shape index (κ3) is 5.58. The van der Waals surface area contributed by atoms with E-state index in [0.717, 1.165) is 22.3 Å². The van der Waals surface area contributed by atoms with E-state index in [1.807, 2.05) is 31.2 Å². The molecule has 6 aromatic carbocycles. The minimum absolute atomic E-state index is 0.739. The smallest absolute Gasteiger partial charge is 0.0619 e. The fraction of sp³-hybridized carbons (Fsp3) is 0.0455. The largest absolute Gasteiger partial charge is 0.398 e. The summed E-state index contributed by atoms with van der Waals surface area (Å²) in [6, 6.07) is 48.0. The van der Waals surface area contributed by atoms with Gasteiger partial charge >= 0.3 is 0 Å². The van der Waals surface area contributed by atoms with E-state index in [1.54, 1.807) is 0 Å². The number of nitrogens with two attached hydrogens (primary N) is 1. The molecular formula is C44H36N2. The molecule has 2 N–H and O–H groups in total. The molecule has 0 saturated heterocycles. The van der Waals surface area contributed by atoms with Crippen LogP contribution in [-0.4, -0.2) is 4.57 Å². The average molecular weight is 593 g/mol. The monoisotopic (exact) mass is 592 g/mol. The lowest BCUT2D eigenvalue weighted by molar-refractivity contribution is 1.19. The Balaban J connectivity index is 1.35. The molecule has 0 unspecified atom stereocenters. The Labute approximate surface area is 270 Å². The van der Waals surface area contributed by atoms with Crippen LogP contribution in [0, 0.1) is 0 Å². The highest BCUT2D eigenvalue weighted by atomic mass is 15.0. The van der Waals surface area contributed by atoms with Gasteiger partial charge in [0.1, 0.15) is 0 Å². The maximum absolute atomic E-state index is 6.55. The van der Waals surface area contributed by atoms with Crippen LogP contribution in [0.5, 0.6) is 0 Å². The van der Waals surface area contributed by atoms with Crippen LogP contribution in [-0.2, 0) is 0 Å². The third-order valence-corrected chi connectivity index (χ3v) is 8.60. The van der Waals surface area contributed by atoms with Gasteiger partial charge in [-0.2, -0.15) is 0 Å². The lowest BCUT2D eigenvalue weighted by atomic mass is 9.99. The van der Waals surface area contributed by atoms with Gasteiger partial charge in [0.15, 0.2) is 0 Å². The van der Waals surface area contributed by atoms with Crippen molar-refractivity contribution in [3.63, 3.8) is 0 Å². The second kappa shape index (κ2) is 12.6. The van der Waals surface area contributed by atoms with Crippen LogP contribution >= 0.6 is 0 Å². The van der Waals surface area contributed by atoms with Gasteiger partial charge in [0, 0.05) is 27.5 Å². The average Bonchev–Trinajstić information content (AvgIpc) is 3.45. The Morgan fingerprint density at radius 1 is 0.587 bits per heavy atom. The van der Waals surface area contributed by atoms with Crippen molar-refractivity contribution in [3.05, 3.63) is 181 Å². The number of hydrogen-bond donors (Lipinski definition) is 1. The standard InChI is InChI=1S/C44H36N2/c1-3-4-12-31(2)13-11-18-42(45)37-25-26-39-36(29-37)24-28-41-40-27-23-35(30-43(40)46(44(39)41)38-16-9-6-10-17-38)34-21-19-33(20-22-34)32-14-7-5-8-15-32/h3-30H,45H2,1-2H3/b4-3-,13-11-,31-12+,42-18-. The molecule has 0 atom stereocenters. The number of hydrogen-bond acceptors (Lipinski definition) is 1. The maximum atomic E-state index is 6.55. The summed E-state index contributed by atoms with van der Waals surface area (Å²) < 4.78 is 2.41. The van der Waals surface area contributed by atoms with Crippen molar-refractivity contribution in [3.8, 4) is 27.9 Å². The van der Waals surface area contributed by atoms with E-state index in [9.17, 15) is 0 Å². The van der Waals surface area contributed by atoms with Gasteiger partial charge in [-0.3, -0.25) is 0 Å². The summed E-state index contributed by atoms with van der Waals surface area (Å²) in [6.45, 7) is 4.10. The molecule has 0 aliphatic carbocycles. The van der Waals surface area contributed by atoms with E-state index in [0.29, 0.717) is 0 Å². The fourth-order valence-electron chi connectivity index (χ4n) is 6.23. The van der Waals surface area contributed by atoms with E-state index in [1.165, 1.54) is 55.0 Å². The number of fused-ring (bicyclic) bond motifs is 5. The van der Waals surface area contributed by atoms with Crippen molar-refractivity contribution < 1.29 is 0 Å². The predicted molar refractivity (Wildman–Crippen MR) is 199 cm³/mol. The van der Waals surface area contributed by atoms with E-state index in [-0.39, 0.29) is 0 Å². The van der Waals surface area contributed by atoms with Gasteiger partial charge in [-0.25, -0.2) is 0 Å². The Morgan fingerprint density at radius 3 is 1.96 bits per heavy atom. The highest BCUT2D eigenvalue weighted by Crippen LogP contribution is 2.39. The van der Waals surface area contributed by atoms with Crippen LogP contribution in [0.1, 0.15) is 19.4 Å². The second-order valence-electron chi connectivity index (χ2n) is 11.7. The summed E-state index contributed by atoms with van der Waals surface area (Å²) in [5.74, 6) is 0. The first-order chi connectivity index (χ1) is 22.6. The molecule has 2 nitrogen and oxygen atoms in total. The van der Waals surface area contributed by atoms with Crippen LogP contribution in [0.15, 0.2) is 175 Å². The van der Waals surface area contributed by atoms with Crippen molar-refractivity contribution in [2.45, 2.75) is 13.8 Å². The van der Waals surface area contributed by atoms with E-state index >= 15 is 0 Å². The molecule has 0 amide bonds. The Hall–Kier alpha value is -5.86. The van der Waals surface area contributed by atoms with Crippen LogP contribution in [0.3, 0.4) is 0 Å². The molecular weight excluding hydrogens is 556 g/mol. The number of para-hydroxylation sites is 1. The molecule has 0 fully saturated rings. The predicted octanol–water partition coefficient (Wildman–Crippen LogP) is 11.6. The molecule has 0 radical (unpaired) electrons. The van der Waals surface area contributed by atoms with Crippen molar-refractivity contribution in [2.24, 2.45) is 5.73 Å². The van der Waals surface area contributed by atoms with E-state index in [2.05, 4.69) is 157 Å². The molecule has 1 aromatic heterocycles. The zero-order chi connectivity index (χ0) is 31.5. The Bertz CT molecular complexity index is 2300. The van der Waals surface area contributed by atoms with Gasteiger partial charge in [0.2, 0.25) is 0 Å². The van der Waals surface area contributed by atoms with E-state index < -0.39 is 0 Å². The quantitative estimate of drug-likeness (QED) is 0.183. The minimum Gasteiger partial charge on any atom is -0.398 e. The molecule has 222 valence electrons. The van der Waals surface area contributed by atoms with Crippen LogP contribution in [0.2, 0.25) is 0 Å². The highest BCUT2D eigenvalue weighted by molar-refractivity contribution is 6.19. The number of nitrogens with zero attached hydrogens (tertiary/aromatic N) is 1. The summed E-state index contributed by atoms with van der Waals surface area (Å²) in [6.07, 6.45) is 12.2. The summed E-state index contributed by atoms with van der Waals surface area (Å²) >= 11 is 0. The number of aromatic nitrogens is 1. The van der Waals surface area contributed by atoms with Crippen molar-refractivity contribution in [1.29, 1.82) is 0 Å². The SMILES string of the molecule is C\C=C/C=C(C)/C=C\C=C(/N)c1ccc2c(ccc3c4ccc(-c5ccc(-c6ccccc6)cc5)cc4n(-c4ccccc4)c23)c1. The molecule has 2 heteroatoms. The van der Waals surface area contributed by atoms with Crippen LogP contribution in [0.4, 0.5) is 0 Å². The first-order valence-electron chi connectivity index (χ1n) is 15.8. The zero-order valence-corrected chi connectivity index (χ0v) is 26.2. The van der Waals surface area contributed by atoms with Gasteiger partial charge in [-0.15, -0.1) is 0 Å². The summed E-state index contributed by atoms with van der Waals surface area (Å²) in [4.78, 5) is 0. The number of benzene rings is 6. The van der Waals surface area contributed by atoms with Crippen molar-refractivity contribution in [1.82, 2.24) is 4.57 Å². The molecule has 7 aromatic rings. The van der Waals surface area contributed by atoms with Gasteiger partial charge < -0.3 is 10.3 Å². The summed E-state index contributed by atoms with van der Waals surface area (Å²) in [5, 5.41) is 4.83. The van der Waals surface area contributed by atoms with Gasteiger partial charge in [-0.05, 0) is 77.4 Å². The zero-order valence-electron chi connectivity index (χ0n) is 26.2. The molecule has 0 saturated carbocycles. The summed E-state index contributed by atoms with van der Waals surface area (Å²) in [5.41, 5.74) is 17.8. The first-order valence-corrected chi connectivity index (χ1v) is 15.8.